The van der Waals surface area contributed by atoms with Gasteiger partial charge in [0, 0.05) is 24.1 Å². The molecule has 0 bridgehead atoms. The standard InChI is InChI=1S/C18H28N2O2S/c1-4-6-7-15-8-10-16(11-9-15)23-13-17(20-14(3)21)18(22)19-12-5-2/h8-11,17H,4-7,12-13H2,1-3H3,(H,19,22)(H,20,21). The SMILES string of the molecule is CCCCc1ccc(SCC(NC(C)=O)C(=O)NCCC)cc1. The fourth-order valence-corrected chi connectivity index (χ4v) is 3.03. The molecule has 128 valence electrons. The van der Waals surface area contributed by atoms with Crippen LogP contribution in [0.4, 0.5) is 0 Å². The topological polar surface area (TPSA) is 58.2 Å². The number of rotatable bonds is 10. The van der Waals surface area contributed by atoms with Crippen LogP contribution >= 0.6 is 11.8 Å². The van der Waals surface area contributed by atoms with Gasteiger partial charge in [-0.2, -0.15) is 0 Å². The van der Waals surface area contributed by atoms with Crippen molar-refractivity contribution in [2.24, 2.45) is 0 Å². The fourth-order valence-electron chi connectivity index (χ4n) is 2.11. The van der Waals surface area contributed by atoms with Gasteiger partial charge in [0.2, 0.25) is 11.8 Å². The van der Waals surface area contributed by atoms with Crippen LogP contribution in [0.15, 0.2) is 29.2 Å². The molecule has 1 aromatic carbocycles. The lowest BCUT2D eigenvalue weighted by atomic mass is 10.1. The Bertz CT molecular complexity index is 488. The van der Waals surface area contributed by atoms with Crippen LogP contribution in [0.3, 0.4) is 0 Å². The molecule has 0 aromatic heterocycles. The zero-order valence-corrected chi connectivity index (χ0v) is 15.2. The van der Waals surface area contributed by atoms with Gasteiger partial charge in [-0.15, -0.1) is 11.8 Å². The molecule has 23 heavy (non-hydrogen) atoms. The van der Waals surface area contributed by atoms with Gasteiger partial charge in [-0.3, -0.25) is 9.59 Å². The smallest absolute Gasteiger partial charge is 0.243 e. The maximum atomic E-state index is 12.1. The highest BCUT2D eigenvalue weighted by Gasteiger charge is 2.19. The second-order valence-electron chi connectivity index (χ2n) is 5.60. The fraction of sp³-hybridized carbons (Fsp3) is 0.556. The number of amides is 2. The molecule has 0 saturated carbocycles. The highest BCUT2D eigenvalue weighted by atomic mass is 32.2. The van der Waals surface area contributed by atoms with E-state index >= 15 is 0 Å². The summed E-state index contributed by atoms with van der Waals surface area (Å²) in [5.41, 5.74) is 1.34. The summed E-state index contributed by atoms with van der Waals surface area (Å²) in [7, 11) is 0. The quantitative estimate of drug-likeness (QED) is 0.645. The zero-order valence-electron chi connectivity index (χ0n) is 14.4. The van der Waals surface area contributed by atoms with Crippen molar-refractivity contribution in [1.29, 1.82) is 0 Å². The monoisotopic (exact) mass is 336 g/mol. The van der Waals surface area contributed by atoms with Crippen molar-refractivity contribution in [2.75, 3.05) is 12.3 Å². The minimum Gasteiger partial charge on any atom is -0.354 e. The average molecular weight is 337 g/mol. The largest absolute Gasteiger partial charge is 0.354 e. The Balaban J connectivity index is 2.55. The average Bonchev–Trinajstić information content (AvgIpc) is 2.55. The molecule has 0 heterocycles. The number of nitrogens with one attached hydrogen (secondary N) is 2. The Kier molecular flexibility index (Phi) is 9.45. The van der Waals surface area contributed by atoms with Gasteiger partial charge in [-0.1, -0.05) is 32.4 Å². The van der Waals surface area contributed by atoms with Gasteiger partial charge in [0.1, 0.15) is 6.04 Å². The molecule has 1 atom stereocenters. The minimum atomic E-state index is -0.496. The third-order valence-corrected chi connectivity index (χ3v) is 4.51. The van der Waals surface area contributed by atoms with Gasteiger partial charge in [0.05, 0.1) is 0 Å². The van der Waals surface area contributed by atoms with Crippen LogP contribution in [0.2, 0.25) is 0 Å². The van der Waals surface area contributed by atoms with Crippen molar-refractivity contribution in [2.45, 2.75) is 57.4 Å². The van der Waals surface area contributed by atoms with Gasteiger partial charge >= 0.3 is 0 Å². The van der Waals surface area contributed by atoms with E-state index in [0.717, 1.165) is 17.7 Å². The van der Waals surface area contributed by atoms with Crippen LogP contribution in [-0.2, 0) is 16.0 Å². The third-order valence-electron chi connectivity index (χ3n) is 3.40. The Labute approximate surface area is 143 Å². The van der Waals surface area contributed by atoms with Gasteiger partial charge < -0.3 is 10.6 Å². The summed E-state index contributed by atoms with van der Waals surface area (Å²) in [6.45, 7) is 6.26. The van der Waals surface area contributed by atoms with Crippen LogP contribution in [0.25, 0.3) is 0 Å². The second kappa shape index (κ2) is 11.1. The molecule has 5 heteroatoms. The number of carbonyl (C=O) groups is 2. The van der Waals surface area contributed by atoms with Crippen LogP contribution < -0.4 is 10.6 Å². The number of aryl methyl sites for hydroxylation is 1. The third kappa shape index (κ3) is 8.07. The van der Waals surface area contributed by atoms with Crippen LogP contribution in [0.5, 0.6) is 0 Å². The summed E-state index contributed by atoms with van der Waals surface area (Å²) < 4.78 is 0. The molecule has 0 aliphatic carbocycles. The molecule has 0 aliphatic rings. The molecular formula is C18H28N2O2S. The van der Waals surface area contributed by atoms with E-state index in [1.807, 2.05) is 6.92 Å². The van der Waals surface area contributed by atoms with E-state index in [9.17, 15) is 9.59 Å². The molecule has 2 amide bonds. The molecule has 1 aromatic rings. The highest BCUT2D eigenvalue weighted by Crippen LogP contribution is 2.20. The summed E-state index contributed by atoms with van der Waals surface area (Å²) in [6.07, 6.45) is 4.39. The number of hydrogen-bond acceptors (Lipinski definition) is 3. The minimum absolute atomic E-state index is 0.117. The Morgan fingerprint density at radius 1 is 1.13 bits per heavy atom. The maximum Gasteiger partial charge on any atom is 0.243 e. The van der Waals surface area contributed by atoms with Gasteiger partial charge in [-0.05, 0) is 37.0 Å². The van der Waals surface area contributed by atoms with Crippen molar-refractivity contribution >= 4 is 23.6 Å². The van der Waals surface area contributed by atoms with Crippen LogP contribution in [-0.4, -0.2) is 30.2 Å². The highest BCUT2D eigenvalue weighted by molar-refractivity contribution is 7.99. The molecule has 0 aliphatic heterocycles. The molecule has 0 saturated heterocycles. The lowest BCUT2D eigenvalue weighted by molar-refractivity contribution is -0.127. The first-order valence-corrected chi connectivity index (χ1v) is 9.31. The summed E-state index contributed by atoms with van der Waals surface area (Å²) in [4.78, 5) is 24.5. The second-order valence-corrected chi connectivity index (χ2v) is 6.70. The summed E-state index contributed by atoms with van der Waals surface area (Å²) in [6, 6.07) is 7.96. The van der Waals surface area contributed by atoms with E-state index in [1.165, 1.54) is 25.3 Å². The lowest BCUT2D eigenvalue weighted by Crippen LogP contribution is -2.47. The van der Waals surface area contributed by atoms with Crippen LogP contribution in [0, 0.1) is 0 Å². The van der Waals surface area contributed by atoms with E-state index in [2.05, 4.69) is 41.8 Å². The van der Waals surface area contributed by atoms with Gasteiger partial charge in [0.15, 0.2) is 0 Å². The molecule has 1 rings (SSSR count). The van der Waals surface area contributed by atoms with Crippen molar-refractivity contribution in [3.05, 3.63) is 29.8 Å². The Hall–Kier alpha value is -1.49. The number of carbonyl (C=O) groups excluding carboxylic acids is 2. The number of thioether (sulfide) groups is 1. The van der Waals surface area contributed by atoms with E-state index in [-0.39, 0.29) is 11.8 Å². The molecule has 0 spiro atoms. The van der Waals surface area contributed by atoms with Crippen molar-refractivity contribution in [3.8, 4) is 0 Å². The predicted molar refractivity (Wildman–Crippen MR) is 96.7 cm³/mol. The number of unbranched alkanes of at least 4 members (excludes halogenated alkanes) is 1. The Morgan fingerprint density at radius 2 is 1.83 bits per heavy atom. The molecule has 0 radical (unpaired) electrons. The first-order chi connectivity index (χ1) is 11.1. The maximum absolute atomic E-state index is 12.1. The summed E-state index contributed by atoms with van der Waals surface area (Å²) in [5, 5.41) is 5.57. The number of benzene rings is 1. The Morgan fingerprint density at radius 3 is 2.39 bits per heavy atom. The van der Waals surface area contributed by atoms with E-state index < -0.39 is 6.04 Å². The van der Waals surface area contributed by atoms with Crippen LogP contribution in [0.1, 0.15) is 45.6 Å². The van der Waals surface area contributed by atoms with E-state index in [4.69, 9.17) is 0 Å². The molecule has 0 fully saturated rings. The number of hydrogen-bond donors (Lipinski definition) is 2. The summed E-state index contributed by atoms with van der Waals surface area (Å²) in [5.74, 6) is 0.231. The zero-order chi connectivity index (χ0) is 17.1. The lowest BCUT2D eigenvalue weighted by Gasteiger charge is -2.17. The summed E-state index contributed by atoms with van der Waals surface area (Å²) >= 11 is 1.59. The molecule has 4 nitrogen and oxygen atoms in total. The van der Waals surface area contributed by atoms with Gasteiger partial charge in [-0.25, -0.2) is 0 Å². The van der Waals surface area contributed by atoms with Gasteiger partial charge in [0.25, 0.3) is 0 Å². The van der Waals surface area contributed by atoms with E-state index in [1.54, 1.807) is 11.8 Å². The van der Waals surface area contributed by atoms with Crippen molar-refractivity contribution in [1.82, 2.24) is 10.6 Å². The molecule has 2 N–H and O–H groups in total. The predicted octanol–water partition coefficient (Wildman–Crippen LogP) is 3.15. The van der Waals surface area contributed by atoms with Crippen molar-refractivity contribution < 1.29 is 9.59 Å². The normalized spacial score (nSPS) is 11.8. The first-order valence-electron chi connectivity index (χ1n) is 8.33. The van der Waals surface area contributed by atoms with E-state index in [0.29, 0.717) is 12.3 Å². The molecule has 1 unspecified atom stereocenters. The first kappa shape index (κ1) is 19.6. The molecular weight excluding hydrogens is 308 g/mol. The van der Waals surface area contributed by atoms with Crippen molar-refractivity contribution in [3.63, 3.8) is 0 Å².